The van der Waals surface area contributed by atoms with Crippen molar-refractivity contribution in [2.75, 3.05) is 14.2 Å². The van der Waals surface area contributed by atoms with Crippen LogP contribution in [-0.2, 0) is 14.3 Å². The minimum absolute atomic E-state index is 0.0189. The summed E-state index contributed by atoms with van der Waals surface area (Å²) in [6, 6.07) is 6.81. The molecule has 0 aliphatic carbocycles. The van der Waals surface area contributed by atoms with Gasteiger partial charge >= 0.3 is 11.9 Å². The van der Waals surface area contributed by atoms with Gasteiger partial charge in [0.25, 0.3) is 0 Å². The minimum Gasteiger partial charge on any atom is -0.507 e. The van der Waals surface area contributed by atoms with Gasteiger partial charge in [0.1, 0.15) is 34.3 Å². The van der Waals surface area contributed by atoms with E-state index in [0.29, 0.717) is 66.7 Å². The van der Waals surface area contributed by atoms with E-state index in [1.165, 1.54) is 7.11 Å². The molecule has 4 rings (SSSR count). The van der Waals surface area contributed by atoms with E-state index in [1.54, 1.807) is 44.4 Å². The van der Waals surface area contributed by atoms with Crippen molar-refractivity contribution in [3.63, 3.8) is 0 Å². The van der Waals surface area contributed by atoms with Gasteiger partial charge in [-0.25, -0.2) is 4.79 Å². The van der Waals surface area contributed by atoms with Crippen LogP contribution in [-0.4, -0.2) is 43.2 Å². The third kappa shape index (κ3) is 5.79. The molecule has 0 amide bonds. The molecule has 0 saturated heterocycles. The van der Waals surface area contributed by atoms with E-state index in [9.17, 15) is 19.5 Å². The van der Waals surface area contributed by atoms with Crippen LogP contribution in [0.15, 0.2) is 30.3 Å². The average Bonchev–Trinajstić information content (AvgIpc) is 2.86. The van der Waals surface area contributed by atoms with Crippen LogP contribution < -0.4 is 14.2 Å². The van der Waals surface area contributed by atoms with Gasteiger partial charge in [-0.2, -0.15) is 0 Å². The summed E-state index contributed by atoms with van der Waals surface area (Å²) in [4.78, 5) is 38.0. The predicted octanol–water partition coefficient (Wildman–Crippen LogP) is 5.33. The molecule has 196 valence electrons. The maximum absolute atomic E-state index is 13.3. The first-order valence-corrected chi connectivity index (χ1v) is 12.5. The molecule has 2 aromatic carbocycles. The smallest absolute Gasteiger partial charge is 0.342 e. The number of esters is 2. The SMILES string of the molecule is COc1ccc([C@H]2CC(=O)Oc3cc4c(c(O)c32)C(=O)O[C@@H](C)CCCC(=O)CCCC=C4)c(OC)c1. The Hall–Kier alpha value is -3.81. The summed E-state index contributed by atoms with van der Waals surface area (Å²) in [6.07, 6.45) is 6.48. The summed E-state index contributed by atoms with van der Waals surface area (Å²) in [7, 11) is 3.06. The zero-order chi connectivity index (χ0) is 26.5. The Morgan fingerprint density at radius 2 is 1.81 bits per heavy atom. The lowest BCUT2D eigenvalue weighted by Crippen LogP contribution is -2.23. The summed E-state index contributed by atoms with van der Waals surface area (Å²) >= 11 is 0. The largest absolute Gasteiger partial charge is 0.507 e. The number of methoxy groups -OCH3 is 2. The van der Waals surface area contributed by atoms with Crippen LogP contribution in [0, 0.1) is 0 Å². The van der Waals surface area contributed by atoms with Crippen LogP contribution in [0.5, 0.6) is 23.0 Å². The number of hydrogen-bond donors (Lipinski definition) is 1. The number of benzene rings is 2. The second-order valence-electron chi connectivity index (χ2n) is 9.38. The summed E-state index contributed by atoms with van der Waals surface area (Å²) < 4.78 is 22.1. The number of ketones is 1. The van der Waals surface area contributed by atoms with Crippen molar-refractivity contribution >= 4 is 23.8 Å². The molecule has 8 heteroatoms. The molecule has 37 heavy (non-hydrogen) atoms. The lowest BCUT2D eigenvalue weighted by molar-refractivity contribution is -0.135. The number of phenols is 1. The van der Waals surface area contributed by atoms with Crippen molar-refractivity contribution < 1.29 is 38.4 Å². The second-order valence-corrected chi connectivity index (χ2v) is 9.38. The first-order valence-electron chi connectivity index (χ1n) is 12.5. The fraction of sp³-hybridized carbons (Fsp3) is 0.414. The van der Waals surface area contributed by atoms with Gasteiger partial charge in [-0.3, -0.25) is 9.59 Å². The molecule has 2 heterocycles. The maximum atomic E-state index is 13.3. The lowest BCUT2D eigenvalue weighted by atomic mass is 9.83. The van der Waals surface area contributed by atoms with Crippen molar-refractivity contribution in [3.05, 3.63) is 52.6 Å². The monoisotopic (exact) mass is 508 g/mol. The number of rotatable bonds is 3. The van der Waals surface area contributed by atoms with Gasteiger partial charge in [-0.15, -0.1) is 0 Å². The molecule has 0 aromatic heterocycles. The van der Waals surface area contributed by atoms with Gasteiger partial charge in [0.2, 0.25) is 0 Å². The summed E-state index contributed by atoms with van der Waals surface area (Å²) in [6.45, 7) is 1.77. The Kier molecular flexibility index (Phi) is 8.16. The summed E-state index contributed by atoms with van der Waals surface area (Å²) in [5, 5.41) is 11.5. The van der Waals surface area contributed by atoms with Crippen molar-refractivity contribution in [1.29, 1.82) is 0 Å². The molecule has 0 bridgehead atoms. The van der Waals surface area contributed by atoms with Gasteiger partial charge < -0.3 is 24.1 Å². The number of cyclic esters (lactones) is 1. The number of ether oxygens (including phenoxy) is 4. The predicted molar refractivity (Wildman–Crippen MR) is 136 cm³/mol. The van der Waals surface area contributed by atoms with Gasteiger partial charge in [0, 0.05) is 36.0 Å². The van der Waals surface area contributed by atoms with Crippen molar-refractivity contribution in [2.24, 2.45) is 0 Å². The van der Waals surface area contributed by atoms with E-state index in [2.05, 4.69) is 0 Å². The van der Waals surface area contributed by atoms with Crippen LogP contribution in [0.1, 0.15) is 84.8 Å². The highest BCUT2D eigenvalue weighted by Crippen LogP contribution is 2.49. The van der Waals surface area contributed by atoms with E-state index >= 15 is 0 Å². The first-order chi connectivity index (χ1) is 17.8. The summed E-state index contributed by atoms with van der Waals surface area (Å²) in [5.41, 5.74) is 1.38. The number of hydrogen-bond acceptors (Lipinski definition) is 8. The van der Waals surface area contributed by atoms with Crippen molar-refractivity contribution in [1.82, 2.24) is 0 Å². The zero-order valence-electron chi connectivity index (χ0n) is 21.4. The van der Waals surface area contributed by atoms with Crippen LogP contribution >= 0.6 is 0 Å². The van der Waals surface area contributed by atoms with Gasteiger partial charge in [0.05, 0.1) is 26.7 Å². The van der Waals surface area contributed by atoms with Gasteiger partial charge in [-0.1, -0.05) is 18.2 Å². The van der Waals surface area contributed by atoms with Crippen LogP contribution in [0.2, 0.25) is 0 Å². The highest BCUT2D eigenvalue weighted by Gasteiger charge is 2.36. The number of carbonyl (C=O) groups excluding carboxylic acids is 3. The molecule has 0 saturated carbocycles. The Labute approximate surface area is 216 Å². The summed E-state index contributed by atoms with van der Waals surface area (Å²) in [5.74, 6) is -0.600. The van der Waals surface area contributed by atoms with E-state index in [-0.39, 0.29) is 29.3 Å². The van der Waals surface area contributed by atoms with Gasteiger partial charge in [0.15, 0.2) is 0 Å². The lowest BCUT2D eigenvalue weighted by Gasteiger charge is -2.28. The number of phenolic OH excluding ortho intramolecular Hbond substituents is 1. The Morgan fingerprint density at radius 1 is 1.03 bits per heavy atom. The standard InChI is InChI=1S/C29H32O8/c1-17-8-7-11-19(30)10-6-4-5-9-18-14-24-27(28(32)26(18)29(33)36-17)22(16-25(31)37-24)21-13-12-20(34-2)15-23(21)35-3/h5,9,12-15,17,22,32H,4,6-8,10-11,16H2,1-3H3/t17-,22+/m0/s1. The average molecular weight is 509 g/mol. The maximum Gasteiger partial charge on any atom is 0.342 e. The van der Waals surface area contributed by atoms with E-state index in [0.717, 1.165) is 0 Å². The molecule has 2 atom stereocenters. The Morgan fingerprint density at radius 3 is 2.57 bits per heavy atom. The normalized spacial score (nSPS) is 20.7. The van der Waals surface area contributed by atoms with Crippen molar-refractivity contribution in [3.8, 4) is 23.0 Å². The quantitative estimate of drug-likeness (QED) is 0.438. The van der Waals surface area contributed by atoms with E-state index < -0.39 is 24.0 Å². The molecule has 2 aromatic rings. The highest BCUT2D eigenvalue weighted by atomic mass is 16.5. The third-order valence-corrected chi connectivity index (χ3v) is 6.79. The number of fused-ring (bicyclic) bond motifs is 2. The number of aromatic hydroxyl groups is 1. The van der Waals surface area contributed by atoms with E-state index in [1.807, 2.05) is 6.08 Å². The Balaban J connectivity index is 1.84. The molecule has 2 aliphatic rings. The van der Waals surface area contributed by atoms with Crippen LogP contribution in [0.3, 0.4) is 0 Å². The molecule has 0 unspecified atom stereocenters. The fourth-order valence-electron chi connectivity index (χ4n) is 4.89. The fourth-order valence-corrected chi connectivity index (χ4v) is 4.89. The van der Waals surface area contributed by atoms with Gasteiger partial charge in [-0.05, 0) is 50.3 Å². The molecule has 0 spiro atoms. The first kappa shape index (κ1) is 26.3. The highest BCUT2D eigenvalue weighted by molar-refractivity contribution is 5.98. The zero-order valence-corrected chi connectivity index (χ0v) is 21.4. The molecule has 1 N–H and O–H groups in total. The molecular weight excluding hydrogens is 476 g/mol. The van der Waals surface area contributed by atoms with E-state index in [4.69, 9.17) is 18.9 Å². The topological polar surface area (TPSA) is 108 Å². The molecular formula is C29H32O8. The molecule has 0 fully saturated rings. The van der Waals surface area contributed by atoms with Crippen LogP contribution in [0.4, 0.5) is 0 Å². The molecule has 0 radical (unpaired) electrons. The van der Waals surface area contributed by atoms with Crippen molar-refractivity contribution in [2.45, 2.75) is 63.9 Å². The number of carbonyl (C=O) groups is 3. The molecule has 2 aliphatic heterocycles. The third-order valence-electron chi connectivity index (χ3n) is 6.79. The van der Waals surface area contributed by atoms with Crippen LogP contribution in [0.25, 0.3) is 6.08 Å². The second kappa shape index (κ2) is 11.5. The number of Topliss-reactive ketones (excluding diaryl/α,β-unsaturated/α-hetero) is 1. The molecule has 8 nitrogen and oxygen atoms in total. The number of allylic oxidation sites excluding steroid dienone is 1. The minimum atomic E-state index is -0.673. The Bertz CT molecular complexity index is 1230.